The van der Waals surface area contributed by atoms with Crippen molar-refractivity contribution in [1.82, 2.24) is 14.7 Å². The van der Waals surface area contributed by atoms with E-state index in [0.717, 1.165) is 10.7 Å². The van der Waals surface area contributed by atoms with Crippen LogP contribution < -0.4 is 5.73 Å². The fraction of sp³-hybridized carbons (Fsp3) is 0.643. The highest BCUT2D eigenvalue weighted by atomic mass is 19.4. The van der Waals surface area contributed by atoms with E-state index in [1.165, 1.54) is 18.9 Å². The van der Waals surface area contributed by atoms with Gasteiger partial charge in [0.25, 0.3) is 0 Å². The number of rotatable bonds is 5. The summed E-state index contributed by atoms with van der Waals surface area (Å²) in [5.41, 5.74) is 3.32. The van der Waals surface area contributed by atoms with E-state index >= 15 is 0 Å². The van der Waals surface area contributed by atoms with Crippen molar-refractivity contribution in [1.29, 1.82) is 0 Å². The zero-order valence-electron chi connectivity index (χ0n) is 13.4. The Hall–Kier alpha value is -2.10. The number of aromatic nitrogens is 2. The molecule has 2 heterocycles. The smallest absolute Gasteiger partial charge is 0.382 e. The number of carbonyl (C=O) groups is 2. The molecule has 10 heteroatoms. The zero-order valence-corrected chi connectivity index (χ0v) is 13.4. The van der Waals surface area contributed by atoms with Crippen LogP contribution in [0, 0.1) is 6.92 Å². The first-order valence-electron chi connectivity index (χ1n) is 7.33. The standard InChI is InChI=1S/C14H19F3N4O3/c1-9-6-10(14(15,16)17)19-21(9)7-11(22)20-5-3-4-13(20,8-24-2)12(18)23/h6H,3-5,7-8H2,1-2H3,(H2,18,23). The molecule has 0 bridgehead atoms. The number of nitrogens with two attached hydrogens (primary N) is 1. The summed E-state index contributed by atoms with van der Waals surface area (Å²) in [6.07, 6.45) is -3.67. The molecule has 1 saturated heterocycles. The molecule has 7 nitrogen and oxygen atoms in total. The summed E-state index contributed by atoms with van der Waals surface area (Å²) >= 11 is 0. The topological polar surface area (TPSA) is 90.5 Å². The molecule has 0 aliphatic carbocycles. The maximum atomic E-state index is 12.7. The Morgan fingerprint density at radius 2 is 2.12 bits per heavy atom. The van der Waals surface area contributed by atoms with E-state index in [2.05, 4.69) is 5.10 Å². The third-order valence-electron chi connectivity index (χ3n) is 4.19. The number of carbonyl (C=O) groups excluding carboxylic acids is 2. The van der Waals surface area contributed by atoms with Crippen molar-refractivity contribution in [2.45, 2.75) is 38.0 Å². The van der Waals surface area contributed by atoms with E-state index in [9.17, 15) is 22.8 Å². The zero-order chi connectivity index (χ0) is 18.1. The molecule has 2 rings (SSSR count). The molecule has 1 aromatic rings. The lowest BCUT2D eigenvalue weighted by Crippen LogP contribution is -2.59. The van der Waals surface area contributed by atoms with Crippen LogP contribution >= 0.6 is 0 Å². The molecule has 1 aromatic heterocycles. The normalized spacial score (nSPS) is 21.3. The molecule has 1 fully saturated rings. The number of alkyl halides is 3. The van der Waals surface area contributed by atoms with E-state index in [1.54, 1.807) is 0 Å². The molecular weight excluding hydrogens is 329 g/mol. The number of nitrogens with zero attached hydrogens (tertiary/aromatic N) is 3. The molecule has 24 heavy (non-hydrogen) atoms. The number of amides is 2. The number of hydrogen-bond acceptors (Lipinski definition) is 4. The van der Waals surface area contributed by atoms with Crippen molar-refractivity contribution in [3.05, 3.63) is 17.5 Å². The first kappa shape index (κ1) is 18.2. The van der Waals surface area contributed by atoms with Gasteiger partial charge in [0.2, 0.25) is 11.8 Å². The largest absolute Gasteiger partial charge is 0.435 e. The minimum absolute atomic E-state index is 0.0556. The average molecular weight is 348 g/mol. The van der Waals surface area contributed by atoms with Gasteiger partial charge in [0.05, 0.1) is 6.61 Å². The molecule has 0 radical (unpaired) electrons. The number of likely N-dealkylation sites (tertiary alicyclic amines) is 1. The van der Waals surface area contributed by atoms with Crippen LogP contribution in [0.3, 0.4) is 0 Å². The van der Waals surface area contributed by atoms with E-state index in [4.69, 9.17) is 10.5 Å². The lowest BCUT2D eigenvalue weighted by Gasteiger charge is -2.35. The van der Waals surface area contributed by atoms with Crippen molar-refractivity contribution in [2.24, 2.45) is 5.73 Å². The Bertz CT molecular complexity index is 644. The van der Waals surface area contributed by atoms with Crippen molar-refractivity contribution in [3.8, 4) is 0 Å². The Kier molecular flexibility index (Phi) is 4.88. The van der Waals surface area contributed by atoms with Crippen molar-refractivity contribution in [3.63, 3.8) is 0 Å². The molecule has 0 spiro atoms. The monoisotopic (exact) mass is 348 g/mol. The van der Waals surface area contributed by atoms with Crippen LogP contribution in [0.4, 0.5) is 13.2 Å². The van der Waals surface area contributed by atoms with Crippen molar-refractivity contribution >= 4 is 11.8 Å². The first-order valence-corrected chi connectivity index (χ1v) is 7.33. The van der Waals surface area contributed by atoms with Crippen LogP contribution in [-0.4, -0.2) is 52.3 Å². The third kappa shape index (κ3) is 3.23. The Balaban J connectivity index is 2.23. The minimum atomic E-state index is -4.58. The van der Waals surface area contributed by atoms with Crippen molar-refractivity contribution in [2.75, 3.05) is 20.3 Å². The van der Waals surface area contributed by atoms with Crippen molar-refractivity contribution < 1.29 is 27.5 Å². The highest BCUT2D eigenvalue weighted by Gasteiger charge is 2.48. The van der Waals surface area contributed by atoms with Gasteiger partial charge in [-0.15, -0.1) is 0 Å². The predicted molar refractivity (Wildman–Crippen MR) is 76.7 cm³/mol. The van der Waals surface area contributed by atoms with Gasteiger partial charge in [0.1, 0.15) is 12.1 Å². The van der Waals surface area contributed by atoms with Gasteiger partial charge >= 0.3 is 6.18 Å². The summed E-state index contributed by atoms with van der Waals surface area (Å²) in [7, 11) is 1.39. The minimum Gasteiger partial charge on any atom is -0.382 e. The van der Waals surface area contributed by atoms with E-state index < -0.39 is 35.8 Å². The summed E-state index contributed by atoms with van der Waals surface area (Å²) in [5, 5.41) is 3.43. The number of halogens is 3. The summed E-state index contributed by atoms with van der Waals surface area (Å²) in [4.78, 5) is 25.7. The van der Waals surface area contributed by atoms with Gasteiger partial charge in [-0.05, 0) is 25.8 Å². The second-order valence-electron chi connectivity index (χ2n) is 5.80. The molecule has 1 unspecified atom stereocenters. The van der Waals surface area contributed by atoms with E-state index in [-0.39, 0.29) is 18.8 Å². The molecule has 1 atom stereocenters. The van der Waals surface area contributed by atoms with Crippen LogP contribution in [-0.2, 0) is 27.0 Å². The molecule has 2 amide bonds. The SMILES string of the molecule is COCC1(C(N)=O)CCCN1C(=O)Cn1nc(C(F)(F)F)cc1C. The lowest BCUT2D eigenvalue weighted by molar-refractivity contribution is -0.147. The van der Waals surface area contributed by atoms with Gasteiger partial charge in [-0.25, -0.2) is 0 Å². The van der Waals surface area contributed by atoms with E-state index in [1.807, 2.05) is 0 Å². The highest BCUT2D eigenvalue weighted by molar-refractivity contribution is 5.91. The van der Waals surface area contributed by atoms with Gasteiger partial charge in [0.15, 0.2) is 5.69 Å². The molecule has 134 valence electrons. The molecule has 0 aromatic carbocycles. The van der Waals surface area contributed by atoms with Gasteiger partial charge < -0.3 is 15.4 Å². The van der Waals surface area contributed by atoms with Gasteiger partial charge in [0, 0.05) is 19.3 Å². The Morgan fingerprint density at radius 1 is 1.46 bits per heavy atom. The average Bonchev–Trinajstić information content (AvgIpc) is 3.04. The summed E-state index contributed by atoms with van der Waals surface area (Å²) in [5.74, 6) is -1.22. The van der Waals surface area contributed by atoms with Gasteiger partial charge in [-0.2, -0.15) is 18.3 Å². The predicted octanol–water partition coefficient (Wildman–Crippen LogP) is 0.703. The summed E-state index contributed by atoms with van der Waals surface area (Å²) in [6.45, 7) is 1.26. The van der Waals surface area contributed by atoms with Crippen LogP contribution in [0.25, 0.3) is 0 Å². The lowest BCUT2D eigenvalue weighted by atomic mass is 9.96. The molecule has 1 aliphatic rings. The highest BCUT2D eigenvalue weighted by Crippen LogP contribution is 2.31. The molecule has 0 saturated carbocycles. The molecule has 2 N–H and O–H groups in total. The fourth-order valence-electron chi connectivity index (χ4n) is 2.98. The Morgan fingerprint density at radius 3 is 2.62 bits per heavy atom. The van der Waals surface area contributed by atoms with Crippen LogP contribution in [0.5, 0.6) is 0 Å². The number of primary amides is 1. The van der Waals surface area contributed by atoms with Crippen LogP contribution in [0.2, 0.25) is 0 Å². The Labute approximate surface area is 136 Å². The van der Waals surface area contributed by atoms with E-state index in [0.29, 0.717) is 12.8 Å². The quantitative estimate of drug-likeness (QED) is 0.848. The van der Waals surface area contributed by atoms with Crippen LogP contribution in [0.15, 0.2) is 6.07 Å². The summed E-state index contributed by atoms with van der Waals surface area (Å²) in [6, 6.07) is 0.869. The number of ether oxygens (including phenoxy) is 1. The maximum absolute atomic E-state index is 12.7. The van der Waals surface area contributed by atoms with Gasteiger partial charge in [-0.3, -0.25) is 14.3 Å². The fourth-order valence-corrected chi connectivity index (χ4v) is 2.98. The second-order valence-corrected chi connectivity index (χ2v) is 5.80. The summed E-state index contributed by atoms with van der Waals surface area (Å²) < 4.78 is 44.1. The first-order chi connectivity index (χ1) is 11.1. The van der Waals surface area contributed by atoms with Gasteiger partial charge in [-0.1, -0.05) is 0 Å². The number of aryl methyl sites for hydroxylation is 1. The molecular formula is C14H19F3N4O3. The van der Waals surface area contributed by atoms with Crippen LogP contribution in [0.1, 0.15) is 24.2 Å². The number of hydrogen-bond donors (Lipinski definition) is 1. The third-order valence-corrected chi connectivity index (χ3v) is 4.19. The molecule has 1 aliphatic heterocycles. The number of methoxy groups -OCH3 is 1. The maximum Gasteiger partial charge on any atom is 0.435 e. The second kappa shape index (κ2) is 6.42.